The molecule has 1 amide bonds. The van der Waals surface area contributed by atoms with Crippen molar-refractivity contribution in [3.05, 3.63) is 12.6 Å². The molecule has 0 bridgehead atoms. The second-order valence-electron chi connectivity index (χ2n) is 1.29. The Bertz CT molecular complexity index is 186. The molecule has 0 atom stereocenters. The van der Waals surface area contributed by atoms with Crippen LogP contribution in [0.5, 0.6) is 0 Å². The first-order valence-corrected chi connectivity index (χ1v) is 2.56. The van der Waals surface area contributed by atoms with Gasteiger partial charge in [0.05, 0.1) is 6.20 Å². The maximum absolute atomic E-state index is 9.96. The zero-order chi connectivity index (χ0) is 6.69. The summed E-state index contributed by atoms with van der Waals surface area (Å²) < 4.78 is 5.69. The highest BCUT2D eigenvalue weighted by atomic mass is 32.1. The molecule has 1 aromatic rings. The van der Waals surface area contributed by atoms with E-state index in [9.17, 15) is 4.79 Å². The van der Waals surface area contributed by atoms with Crippen LogP contribution in [0.25, 0.3) is 0 Å². The Morgan fingerprint density at radius 1 is 1.89 bits per heavy atom. The van der Waals surface area contributed by atoms with Gasteiger partial charge in [-0.25, -0.2) is 9.29 Å². The fourth-order valence-corrected chi connectivity index (χ4v) is 0.473. The summed E-state index contributed by atoms with van der Waals surface area (Å²) in [7, 11) is 0. The normalized spacial score (nSPS) is 9.00. The molecule has 48 valence electrons. The molecule has 4 nitrogen and oxygen atoms in total. The zero-order valence-corrected chi connectivity index (χ0v) is 5.28. The lowest BCUT2D eigenvalue weighted by atomic mass is 10.8. The van der Waals surface area contributed by atoms with Crippen molar-refractivity contribution in [3.8, 4) is 0 Å². The van der Waals surface area contributed by atoms with Crippen LogP contribution in [0.3, 0.4) is 0 Å². The molecule has 0 aliphatic carbocycles. The number of oxazole rings is 1. The van der Waals surface area contributed by atoms with Gasteiger partial charge in [-0.05, 0) is 0 Å². The summed E-state index contributed by atoms with van der Waals surface area (Å²) in [5.74, 6) is 0.313. The van der Waals surface area contributed by atoms with Gasteiger partial charge in [-0.15, -0.1) is 0 Å². The lowest BCUT2D eigenvalue weighted by molar-refractivity contribution is -0.106. The van der Waals surface area contributed by atoms with E-state index in [4.69, 9.17) is 4.42 Å². The van der Waals surface area contributed by atoms with Crippen LogP contribution in [0.2, 0.25) is 0 Å². The van der Waals surface area contributed by atoms with Crippen LogP contribution in [0.4, 0.5) is 5.88 Å². The summed E-state index contributed by atoms with van der Waals surface area (Å²) in [6.07, 6.45) is 3.13. The van der Waals surface area contributed by atoms with Gasteiger partial charge < -0.3 is 4.42 Å². The number of amides is 1. The Balaban J connectivity index is 2.76. The molecule has 0 fully saturated rings. The first-order chi connectivity index (χ1) is 4.34. The van der Waals surface area contributed by atoms with E-state index in [0.29, 0.717) is 12.3 Å². The lowest BCUT2D eigenvalue weighted by Gasteiger charge is -1.99. The van der Waals surface area contributed by atoms with E-state index < -0.39 is 0 Å². The van der Waals surface area contributed by atoms with Gasteiger partial charge in [0.25, 0.3) is 0 Å². The molecule has 0 aliphatic rings. The van der Waals surface area contributed by atoms with E-state index in [2.05, 4.69) is 17.8 Å². The largest absolute Gasteiger partial charge is 0.427 e. The SMILES string of the molecule is O=CN(S)c1cnco1. The molecule has 0 N–H and O–H groups in total. The van der Waals surface area contributed by atoms with Crippen molar-refractivity contribution < 1.29 is 9.21 Å². The third kappa shape index (κ3) is 1.23. The minimum absolute atomic E-state index is 0.313. The smallest absolute Gasteiger partial charge is 0.232 e. The number of thiol groups is 1. The van der Waals surface area contributed by atoms with Crippen LogP contribution in [-0.2, 0) is 4.79 Å². The fraction of sp³-hybridized carbons (Fsp3) is 0. The van der Waals surface area contributed by atoms with Gasteiger partial charge in [-0.2, -0.15) is 0 Å². The van der Waals surface area contributed by atoms with Gasteiger partial charge in [0.1, 0.15) is 0 Å². The van der Waals surface area contributed by atoms with Crippen LogP contribution >= 0.6 is 12.8 Å². The summed E-state index contributed by atoms with van der Waals surface area (Å²) in [6, 6.07) is 0. The Hall–Kier alpha value is -0.970. The molecule has 0 aliphatic heterocycles. The summed E-state index contributed by atoms with van der Waals surface area (Å²) in [5, 5.41) is 0. The highest BCUT2D eigenvalue weighted by Crippen LogP contribution is 2.10. The Morgan fingerprint density at radius 2 is 2.67 bits per heavy atom. The number of anilines is 1. The van der Waals surface area contributed by atoms with Gasteiger partial charge in [-0.3, -0.25) is 4.79 Å². The Kier molecular flexibility index (Phi) is 1.74. The van der Waals surface area contributed by atoms with Crippen LogP contribution < -0.4 is 4.31 Å². The highest BCUT2D eigenvalue weighted by molar-refractivity contribution is 7.82. The molecule has 1 aromatic heterocycles. The molecule has 1 rings (SSSR count). The Labute approximate surface area is 57.0 Å². The minimum Gasteiger partial charge on any atom is -0.427 e. The van der Waals surface area contributed by atoms with E-state index in [0.717, 1.165) is 4.31 Å². The molecule has 0 unspecified atom stereocenters. The minimum atomic E-state index is 0.313. The second kappa shape index (κ2) is 2.54. The zero-order valence-electron chi connectivity index (χ0n) is 4.39. The molecule has 5 heteroatoms. The number of nitrogens with zero attached hydrogens (tertiary/aromatic N) is 2. The number of carbonyl (C=O) groups is 1. The van der Waals surface area contributed by atoms with Gasteiger partial charge in [-0.1, -0.05) is 12.8 Å². The molecule has 0 saturated heterocycles. The second-order valence-corrected chi connectivity index (χ2v) is 1.72. The van der Waals surface area contributed by atoms with Crippen molar-refractivity contribution in [3.63, 3.8) is 0 Å². The van der Waals surface area contributed by atoms with Crippen LogP contribution in [0.1, 0.15) is 0 Å². The number of hydrogen-bond acceptors (Lipinski definition) is 4. The summed E-state index contributed by atoms with van der Waals surface area (Å²) in [6.45, 7) is 0. The first-order valence-electron chi connectivity index (χ1n) is 2.16. The van der Waals surface area contributed by atoms with Gasteiger partial charge in [0, 0.05) is 0 Å². The predicted octanol–water partition coefficient (Wildman–Crippen LogP) is 0.482. The average Bonchev–Trinajstić information content (AvgIpc) is 2.37. The monoisotopic (exact) mass is 144 g/mol. The molecule has 0 aromatic carbocycles. The van der Waals surface area contributed by atoms with Crippen LogP contribution in [0.15, 0.2) is 17.0 Å². The van der Waals surface area contributed by atoms with Crippen molar-refractivity contribution in [2.75, 3.05) is 4.31 Å². The molecule has 0 radical (unpaired) electrons. The van der Waals surface area contributed by atoms with Crippen molar-refractivity contribution in [2.45, 2.75) is 0 Å². The summed E-state index contributed by atoms with van der Waals surface area (Å²) in [4.78, 5) is 13.5. The van der Waals surface area contributed by atoms with Gasteiger partial charge in [0.2, 0.25) is 12.3 Å². The molecule has 0 spiro atoms. The highest BCUT2D eigenvalue weighted by Gasteiger charge is 2.00. The van der Waals surface area contributed by atoms with Gasteiger partial charge >= 0.3 is 0 Å². The topological polar surface area (TPSA) is 46.3 Å². The summed E-state index contributed by atoms with van der Waals surface area (Å²) >= 11 is 3.72. The maximum Gasteiger partial charge on any atom is 0.232 e. The van der Waals surface area contributed by atoms with E-state index in [-0.39, 0.29) is 0 Å². The maximum atomic E-state index is 9.96. The van der Waals surface area contributed by atoms with E-state index in [1.807, 2.05) is 0 Å². The number of carbonyl (C=O) groups excluding carboxylic acids is 1. The molecule has 0 saturated carbocycles. The van der Waals surface area contributed by atoms with E-state index in [1.54, 1.807) is 0 Å². The fourth-order valence-electron chi connectivity index (χ4n) is 0.374. The number of aromatic nitrogens is 1. The predicted molar refractivity (Wildman–Crippen MR) is 34.0 cm³/mol. The van der Waals surface area contributed by atoms with Crippen molar-refractivity contribution >= 4 is 25.1 Å². The van der Waals surface area contributed by atoms with Crippen molar-refractivity contribution in [2.24, 2.45) is 0 Å². The van der Waals surface area contributed by atoms with Crippen molar-refractivity contribution in [1.29, 1.82) is 0 Å². The third-order valence-corrected chi connectivity index (χ3v) is 1.04. The van der Waals surface area contributed by atoms with Crippen molar-refractivity contribution in [1.82, 2.24) is 4.98 Å². The summed E-state index contributed by atoms with van der Waals surface area (Å²) in [5.41, 5.74) is 0. The quantitative estimate of drug-likeness (QED) is 0.485. The molecular weight excluding hydrogens is 140 g/mol. The third-order valence-electron chi connectivity index (χ3n) is 0.745. The standard InChI is InChI=1S/C4H4N2O2S/c7-3-6(9)4-1-5-2-8-4/h1-3,9H. The van der Waals surface area contributed by atoms with E-state index in [1.165, 1.54) is 12.6 Å². The van der Waals surface area contributed by atoms with Gasteiger partial charge in [0.15, 0.2) is 6.39 Å². The average molecular weight is 144 g/mol. The number of hydrogen-bond donors (Lipinski definition) is 1. The molecule has 1 heterocycles. The van der Waals surface area contributed by atoms with Crippen LogP contribution in [-0.4, -0.2) is 11.4 Å². The Morgan fingerprint density at radius 3 is 3.11 bits per heavy atom. The first kappa shape index (κ1) is 6.15. The molecular formula is C4H4N2O2S. The molecule has 9 heavy (non-hydrogen) atoms. The van der Waals surface area contributed by atoms with Crippen LogP contribution in [0, 0.1) is 0 Å². The lowest BCUT2D eigenvalue weighted by Crippen LogP contribution is -2.04. The van der Waals surface area contributed by atoms with E-state index >= 15 is 0 Å². The number of rotatable bonds is 2.